The van der Waals surface area contributed by atoms with Gasteiger partial charge in [-0.25, -0.2) is 0 Å². The van der Waals surface area contributed by atoms with Crippen LogP contribution in [0.3, 0.4) is 0 Å². The molecule has 1 aliphatic heterocycles. The van der Waals surface area contributed by atoms with Crippen LogP contribution in [0.4, 0.5) is 0 Å². The third-order valence-corrected chi connectivity index (χ3v) is 3.49. The van der Waals surface area contributed by atoms with Gasteiger partial charge in [-0.15, -0.1) is 0 Å². The van der Waals surface area contributed by atoms with Crippen LogP contribution in [0.1, 0.15) is 25.8 Å². The minimum Gasteiger partial charge on any atom is -0.493 e. The highest BCUT2D eigenvalue weighted by Gasteiger charge is 2.37. The van der Waals surface area contributed by atoms with Crippen LogP contribution in [0.5, 0.6) is 11.5 Å². The molecular weight excluding hydrogens is 284 g/mol. The normalized spacial score (nSPS) is 16.2. The van der Waals surface area contributed by atoms with Gasteiger partial charge in [-0.1, -0.05) is 6.07 Å². The SMILES string of the molecule is COCCCOc1cc(C2=COC(C)(C)C2=O)ccc1OC. The van der Waals surface area contributed by atoms with Gasteiger partial charge >= 0.3 is 0 Å². The summed E-state index contributed by atoms with van der Waals surface area (Å²) in [7, 11) is 3.24. The number of hydrogen-bond acceptors (Lipinski definition) is 5. The molecule has 0 bridgehead atoms. The van der Waals surface area contributed by atoms with Gasteiger partial charge < -0.3 is 18.9 Å². The van der Waals surface area contributed by atoms with Gasteiger partial charge in [-0.3, -0.25) is 4.79 Å². The largest absolute Gasteiger partial charge is 0.493 e. The summed E-state index contributed by atoms with van der Waals surface area (Å²) >= 11 is 0. The number of rotatable bonds is 7. The zero-order valence-corrected chi connectivity index (χ0v) is 13.5. The minimum atomic E-state index is -0.811. The Morgan fingerprint density at radius 1 is 1.14 bits per heavy atom. The lowest BCUT2D eigenvalue weighted by atomic mass is 9.94. The van der Waals surface area contributed by atoms with Gasteiger partial charge in [-0.2, -0.15) is 0 Å². The van der Waals surface area contributed by atoms with Crippen LogP contribution in [-0.2, 0) is 14.3 Å². The van der Waals surface area contributed by atoms with Crippen molar-refractivity contribution in [2.75, 3.05) is 27.4 Å². The second-order valence-corrected chi connectivity index (χ2v) is 5.55. The van der Waals surface area contributed by atoms with Gasteiger partial charge in [0.1, 0.15) is 0 Å². The predicted octanol–water partition coefficient (Wildman–Crippen LogP) is 2.83. The molecule has 1 aromatic rings. The quantitative estimate of drug-likeness (QED) is 0.725. The van der Waals surface area contributed by atoms with Crippen molar-refractivity contribution in [3.8, 4) is 11.5 Å². The maximum Gasteiger partial charge on any atom is 0.209 e. The Morgan fingerprint density at radius 2 is 1.91 bits per heavy atom. The van der Waals surface area contributed by atoms with Gasteiger partial charge in [0.2, 0.25) is 5.78 Å². The molecule has 0 aliphatic carbocycles. The second-order valence-electron chi connectivity index (χ2n) is 5.55. The van der Waals surface area contributed by atoms with Crippen molar-refractivity contribution in [3.05, 3.63) is 30.0 Å². The lowest BCUT2D eigenvalue weighted by molar-refractivity contribution is -0.125. The maximum absolute atomic E-state index is 12.3. The molecule has 22 heavy (non-hydrogen) atoms. The first-order valence-corrected chi connectivity index (χ1v) is 7.22. The van der Waals surface area contributed by atoms with E-state index in [2.05, 4.69) is 0 Å². The first kappa shape index (κ1) is 16.4. The van der Waals surface area contributed by atoms with Crippen LogP contribution in [0.15, 0.2) is 24.5 Å². The summed E-state index contributed by atoms with van der Waals surface area (Å²) in [6.45, 7) is 4.66. The molecule has 0 unspecified atom stereocenters. The van der Waals surface area contributed by atoms with Crippen LogP contribution in [0, 0.1) is 0 Å². The summed E-state index contributed by atoms with van der Waals surface area (Å²) in [6.07, 6.45) is 2.29. The summed E-state index contributed by atoms with van der Waals surface area (Å²) in [4.78, 5) is 12.3. The molecule has 5 heteroatoms. The van der Waals surface area contributed by atoms with Gasteiger partial charge in [0, 0.05) is 20.1 Å². The third-order valence-electron chi connectivity index (χ3n) is 3.49. The van der Waals surface area contributed by atoms with Gasteiger partial charge in [0.25, 0.3) is 0 Å². The van der Waals surface area contributed by atoms with Crippen molar-refractivity contribution in [2.45, 2.75) is 25.9 Å². The summed E-state index contributed by atoms with van der Waals surface area (Å²) in [5.74, 6) is 1.20. The number of carbonyl (C=O) groups is 1. The standard InChI is InChI=1S/C17H22O5/c1-17(2)16(18)13(11-22-17)12-6-7-14(20-4)15(10-12)21-9-5-8-19-3/h6-7,10-11H,5,8-9H2,1-4H3. The first-order valence-electron chi connectivity index (χ1n) is 7.22. The molecule has 0 radical (unpaired) electrons. The highest BCUT2D eigenvalue weighted by molar-refractivity contribution is 6.25. The highest BCUT2D eigenvalue weighted by atomic mass is 16.5. The van der Waals surface area contributed by atoms with Crippen molar-refractivity contribution in [3.63, 3.8) is 0 Å². The van der Waals surface area contributed by atoms with Crippen LogP contribution in [0.25, 0.3) is 5.57 Å². The lowest BCUT2D eigenvalue weighted by Gasteiger charge is -2.16. The number of ether oxygens (including phenoxy) is 4. The molecule has 1 heterocycles. The third kappa shape index (κ3) is 3.42. The number of benzene rings is 1. The molecule has 0 saturated heterocycles. The molecule has 0 amide bonds. The average molecular weight is 306 g/mol. The Morgan fingerprint density at radius 3 is 2.50 bits per heavy atom. The summed E-state index contributed by atoms with van der Waals surface area (Å²) in [5.41, 5.74) is 0.502. The van der Waals surface area contributed by atoms with E-state index in [1.54, 1.807) is 40.2 Å². The van der Waals surface area contributed by atoms with Crippen molar-refractivity contribution in [1.29, 1.82) is 0 Å². The van der Waals surface area contributed by atoms with E-state index < -0.39 is 5.60 Å². The Labute approximate surface area is 130 Å². The van der Waals surface area contributed by atoms with E-state index in [0.29, 0.717) is 30.3 Å². The molecule has 120 valence electrons. The van der Waals surface area contributed by atoms with Crippen LogP contribution in [0.2, 0.25) is 0 Å². The molecule has 2 rings (SSSR count). The Kier molecular flexibility index (Phi) is 5.08. The molecule has 1 aliphatic rings. The number of hydrogen-bond donors (Lipinski definition) is 0. The highest BCUT2D eigenvalue weighted by Crippen LogP contribution is 2.35. The molecule has 0 saturated carbocycles. The molecule has 0 atom stereocenters. The Hall–Kier alpha value is -2.01. The molecule has 0 spiro atoms. The van der Waals surface area contributed by atoms with E-state index in [1.165, 1.54) is 6.26 Å². The van der Waals surface area contributed by atoms with E-state index in [1.807, 2.05) is 6.07 Å². The van der Waals surface area contributed by atoms with Crippen molar-refractivity contribution >= 4 is 11.4 Å². The van der Waals surface area contributed by atoms with Crippen molar-refractivity contribution in [2.24, 2.45) is 0 Å². The number of methoxy groups -OCH3 is 2. The molecule has 0 fully saturated rings. The second kappa shape index (κ2) is 6.83. The monoisotopic (exact) mass is 306 g/mol. The molecule has 5 nitrogen and oxygen atoms in total. The fraction of sp³-hybridized carbons (Fsp3) is 0.471. The number of ketones is 1. The summed E-state index contributed by atoms with van der Waals surface area (Å²) < 4.78 is 21.5. The zero-order chi connectivity index (χ0) is 16.2. The fourth-order valence-corrected chi connectivity index (χ4v) is 2.18. The van der Waals surface area contributed by atoms with E-state index in [9.17, 15) is 4.79 Å². The zero-order valence-electron chi connectivity index (χ0n) is 13.5. The van der Waals surface area contributed by atoms with Gasteiger partial charge in [0.15, 0.2) is 17.1 Å². The fourth-order valence-electron chi connectivity index (χ4n) is 2.18. The van der Waals surface area contributed by atoms with Gasteiger partial charge in [0.05, 0.1) is 25.6 Å². The molecule has 0 N–H and O–H groups in total. The van der Waals surface area contributed by atoms with E-state index in [4.69, 9.17) is 18.9 Å². The van der Waals surface area contributed by atoms with Crippen LogP contribution >= 0.6 is 0 Å². The minimum absolute atomic E-state index is 0.0389. The number of Topliss-reactive ketones (excluding diaryl/α,β-unsaturated/α-hetero) is 1. The average Bonchev–Trinajstić information content (AvgIpc) is 2.78. The Bertz CT molecular complexity index is 574. The first-order chi connectivity index (χ1) is 10.5. The molecular formula is C17H22O5. The smallest absolute Gasteiger partial charge is 0.209 e. The van der Waals surface area contributed by atoms with E-state index >= 15 is 0 Å². The molecule has 1 aromatic carbocycles. The van der Waals surface area contributed by atoms with Crippen LogP contribution in [-0.4, -0.2) is 38.8 Å². The Balaban J connectivity index is 2.19. The number of carbonyl (C=O) groups excluding carboxylic acids is 1. The van der Waals surface area contributed by atoms with Crippen molar-refractivity contribution in [1.82, 2.24) is 0 Å². The van der Waals surface area contributed by atoms with Crippen molar-refractivity contribution < 1.29 is 23.7 Å². The summed E-state index contributed by atoms with van der Waals surface area (Å²) in [6, 6.07) is 5.43. The summed E-state index contributed by atoms with van der Waals surface area (Å²) in [5, 5.41) is 0. The van der Waals surface area contributed by atoms with Gasteiger partial charge in [-0.05, 0) is 31.5 Å². The van der Waals surface area contributed by atoms with E-state index in [-0.39, 0.29) is 5.78 Å². The van der Waals surface area contributed by atoms with E-state index in [0.717, 1.165) is 12.0 Å². The molecule has 0 aromatic heterocycles. The topological polar surface area (TPSA) is 54.0 Å². The lowest BCUT2D eigenvalue weighted by Crippen LogP contribution is -2.28. The maximum atomic E-state index is 12.3. The predicted molar refractivity (Wildman–Crippen MR) is 83.1 cm³/mol. The van der Waals surface area contributed by atoms with Crippen LogP contribution < -0.4 is 9.47 Å².